The number of nitrogens with zero attached hydrogens (tertiary/aromatic N) is 2. The van der Waals surface area contributed by atoms with Gasteiger partial charge in [0.1, 0.15) is 0 Å². The Hall–Kier alpha value is -0.770. The van der Waals surface area contributed by atoms with Gasteiger partial charge in [0.15, 0.2) is 0 Å². The summed E-state index contributed by atoms with van der Waals surface area (Å²) in [4.78, 5) is 16.3. The van der Waals surface area contributed by atoms with E-state index in [1.54, 1.807) is 0 Å². The smallest absolute Gasteiger partial charge is 0.319 e. The number of carbonyl (C=O) groups is 1. The molecular weight excluding hydrogens is 238 g/mol. The van der Waals surface area contributed by atoms with Crippen LogP contribution in [0.25, 0.3) is 0 Å². The maximum absolute atomic E-state index is 12.3. The highest BCUT2D eigenvalue weighted by atomic mass is 16.2. The summed E-state index contributed by atoms with van der Waals surface area (Å²) in [5, 5.41) is 3.55. The van der Waals surface area contributed by atoms with Gasteiger partial charge in [-0.15, -0.1) is 0 Å². The van der Waals surface area contributed by atoms with Gasteiger partial charge in [-0.1, -0.05) is 13.3 Å². The normalized spacial score (nSPS) is 28.2. The summed E-state index contributed by atoms with van der Waals surface area (Å²) in [6, 6.07) is 0.839. The summed E-state index contributed by atoms with van der Waals surface area (Å²) in [5.41, 5.74) is 0. The zero-order chi connectivity index (χ0) is 13.7. The highest BCUT2D eigenvalue weighted by molar-refractivity contribution is 5.74. The van der Waals surface area contributed by atoms with E-state index in [9.17, 15) is 4.79 Å². The third-order valence-electron chi connectivity index (χ3n) is 4.48. The van der Waals surface area contributed by atoms with Crippen LogP contribution in [0, 0.1) is 5.92 Å². The van der Waals surface area contributed by atoms with E-state index in [4.69, 9.17) is 0 Å². The van der Waals surface area contributed by atoms with Gasteiger partial charge in [0.05, 0.1) is 0 Å². The average molecular weight is 267 g/mol. The Morgan fingerprint density at radius 2 is 2.16 bits per heavy atom. The van der Waals surface area contributed by atoms with Crippen molar-refractivity contribution in [3.63, 3.8) is 0 Å². The molecule has 2 unspecified atom stereocenters. The zero-order valence-corrected chi connectivity index (χ0v) is 12.5. The Bertz CT molecular complexity index is 289. The second kappa shape index (κ2) is 7.13. The largest absolute Gasteiger partial charge is 0.328 e. The second-order valence-electron chi connectivity index (χ2n) is 6.33. The molecule has 4 nitrogen and oxygen atoms in total. The first kappa shape index (κ1) is 14.6. The van der Waals surface area contributed by atoms with Crippen LogP contribution in [0.3, 0.4) is 0 Å². The molecule has 2 fully saturated rings. The van der Waals surface area contributed by atoms with Crippen molar-refractivity contribution in [3.8, 4) is 0 Å². The Kier molecular flexibility index (Phi) is 5.49. The van der Waals surface area contributed by atoms with E-state index < -0.39 is 0 Å². The zero-order valence-electron chi connectivity index (χ0n) is 12.5. The lowest BCUT2D eigenvalue weighted by Crippen LogP contribution is -2.47. The van der Waals surface area contributed by atoms with Gasteiger partial charge in [-0.05, 0) is 44.6 Å². The van der Waals surface area contributed by atoms with Crippen molar-refractivity contribution >= 4 is 6.03 Å². The number of hydrogen-bond acceptors (Lipinski definition) is 2. The van der Waals surface area contributed by atoms with Gasteiger partial charge in [-0.3, -0.25) is 0 Å². The third kappa shape index (κ3) is 4.37. The predicted octanol–water partition coefficient (Wildman–Crippen LogP) is 2.30. The van der Waals surface area contributed by atoms with Crippen molar-refractivity contribution in [1.29, 1.82) is 0 Å². The molecule has 0 spiro atoms. The first-order valence-electron chi connectivity index (χ1n) is 7.90. The van der Waals surface area contributed by atoms with Crippen LogP contribution in [0.5, 0.6) is 0 Å². The van der Waals surface area contributed by atoms with Crippen molar-refractivity contribution in [2.75, 3.05) is 33.2 Å². The molecule has 0 aromatic carbocycles. The summed E-state index contributed by atoms with van der Waals surface area (Å²) >= 11 is 0. The Balaban J connectivity index is 1.72. The lowest BCUT2D eigenvalue weighted by Gasteiger charge is -2.34. The highest BCUT2D eigenvalue weighted by Crippen LogP contribution is 2.17. The van der Waals surface area contributed by atoms with Crippen LogP contribution in [-0.4, -0.2) is 55.1 Å². The number of urea groups is 1. The van der Waals surface area contributed by atoms with Crippen LogP contribution in [0.1, 0.15) is 45.4 Å². The summed E-state index contributed by atoms with van der Waals surface area (Å²) in [7, 11) is 1.95. The van der Waals surface area contributed by atoms with Crippen LogP contribution in [0.15, 0.2) is 0 Å². The van der Waals surface area contributed by atoms with Gasteiger partial charge in [0, 0.05) is 32.7 Å². The summed E-state index contributed by atoms with van der Waals surface area (Å²) in [5.74, 6) is 0.658. The van der Waals surface area contributed by atoms with Gasteiger partial charge in [-0.2, -0.15) is 0 Å². The monoisotopic (exact) mass is 267 g/mol. The van der Waals surface area contributed by atoms with Gasteiger partial charge < -0.3 is 15.1 Å². The molecule has 2 aliphatic rings. The molecular formula is C15H29N3O. The van der Waals surface area contributed by atoms with Crippen molar-refractivity contribution in [1.82, 2.24) is 15.1 Å². The van der Waals surface area contributed by atoms with Crippen LogP contribution in [0.2, 0.25) is 0 Å². The number of carbonyl (C=O) groups excluding carboxylic acids is 1. The molecule has 2 heterocycles. The minimum Gasteiger partial charge on any atom is -0.328 e. The van der Waals surface area contributed by atoms with Crippen LogP contribution in [-0.2, 0) is 0 Å². The van der Waals surface area contributed by atoms with Crippen LogP contribution >= 0.6 is 0 Å². The molecule has 4 heteroatoms. The molecule has 2 aliphatic heterocycles. The standard InChI is InChI=1S/C15H29N3O/c1-13-6-5-10-18(12-13)15(19)17(2)11-8-14-7-3-4-9-16-14/h13-14,16H,3-12H2,1-2H3. The minimum absolute atomic E-state index is 0.224. The summed E-state index contributed by atoms with van der Waals surface area (Å²) in [6.45, 7) is 6.14. The molecule has 0 aliphatic carbocycles. The first-order valence-corrected chi connectivity index (χ1v) is 7.90. The maximum Gasteiger partial charge on any atom is 0.319 e. The predicted molar refractivity (Wildman–Crippen MR) is 78.3 cm³/mol. The van der Waals surface area contributed by atoms with E-state index in [1.807, 2.05) is 16.8 Å². The number of likely N-dealkylation sites (tertiary alicyclic amines) is 1. The first-order chi connectivity index (χ1) is 9.16. The van der Waals surface area contributed by atoms with Crippen molar-refractivity contribution in [3.05, 3.63) is 0 Å². The summed E-state index contributed by atoms with van der Waals surface area (Å²) < 4.78 is 0. The Morgan fingerprint density at radius 1 is 1.32 bits per heavy atom. The lowest BCUT2D eigenvalue weighted by molar-refractivity contribution is 0.137. The van der Waals surface area contributed by atoms with Gasteiger partial charge in [0.25, 0.3) is 0 Å². The van der Waals surface area contributed by atoms with Crippen molar-refractivity contribution < 1.29 is 4.79 Å². The quantitative estimate of drug-likeness (QED) is 0.851. The fourth-order valence-corrected chi connectivity index (χ4v) is 3.22. The number of amides is 2. The minimum atomic E-state index is 0.224. The van der Waals surface area contributed by atoms with Gasteiger partial charge in [-0.25, -0.2) is 4.79 Å². The molecule has 2 rings (SSSR count). The van der Waals surface area contributed by atoms with Crippen LogP contribution < -0.4 is 5.32 Å². The van der Waals surface area contributed by atoms with E-state index in [-0.39, 0.29) is 6.03 Å². The Morgan fingerprint density at radius 3 is 2.84 bits per heavy atom. The molecule has 0 aromatic heterocycles. The molecule has 0 saturated carbocycles. The van der Waals surface area contributed by atoms with Crippen LogP contribution in [0.4, 0.5) is 4.79 Å². The van der Waals surface area contributed by atoms with Gasteiger partial charge >= 0.3 is 6.03 Å². The van der Waals surface area contributed by atoms with E-state index >= 15 is 0 Å². The average Bonchev–Trinajstić information content (AvgIpc) is 2.45. The molecule has 19 heavy (non-hydrogen) atoms. The van der Waals surface area contributed by atoms with Crippen molar-refractivity contribution in [2.24, 2.45) is 5.92 Å². The lowest BCUT2D eigenvalue weighted by atomic mass is 10.0. The second-order valence-corrected chi connectivity index (χ2v) is 6.33. The summed E-state index contributed by atoms with van der Waals surface area (Å²) in [6.07, 6.45) is 7.41. The van der Waals surface area contributed by atoms with E-state index in [0.717, 1.165) is 39.0 Å². The number of piperidine rings is 2. The molecule has 110 valence electrons. The fourth-order valence-electron chi connectivity index (χ4n) is 3.22. The molecule has 2 saturated heterocycles. The topological polar surface area (TPSA) is 35.6 Å². The number of nitrogens with one attached hydrogen (secondary N) is 1. The number of hydrogen-bond donors (Lipinski definition) is 1. The molecule has 2 atom stereocenters. The highest BCUT2D eigenvalue weighted by Gasteiger charge is 2.24. The van der Waals surface area contributed by atoms with E-state index in [1.165, 1.54) is 25.7 Å². The Labute approximate surface area is 117 Å². The number of rotatable bonds is 3. The molecule has 1 N–H and O–H groups in total. The van der Waals surface area contributed by atoms with Gasteiger partial charge in [0.2, 0.25) is 0 Å². The third-order valence-corrected chi connectivity index (χ3v) is 4.48. The SMILES string of the molecule is CC1CCCN(C(=O)N(C)CCC2CCCCN2)C1. The van der Waals surface area contributed by atoms with Crippen molar-refractivity contribution in [2.45, 2.75) is 51.5 Å². The maximum atomic E-state index is 12.3. The molecule has 0 bridgehead atoms. The van der Waals surface area contributed by atoms with E-state index in [2.05, 4.69) is 12.2 Å². The van der Waals surface area contributed by atoms with E-state index in [0.29, 0.717) is 12.0 Å². The molecule has 0 aromatic rings. The fraction of sp³-hybridized carbons (Fsp3) is 0.933. The molecule has 2 amide bonds. The molecule has 0 radical (unpaired) electrons.